The first-order valence-corrected chi connectivity index (χ1v) is 11.2. The topological polar surface area (TPSA) is 96.2 Å². The van der Waals surface area contributed by atoms with Crippen LogP contribution in [0, 0.1) is 10.1 Å². The summed E-state index contributed by atoms with van der Waals surface area (Å²) in [5, 5.41) is 11.8. The van der Waals surface area contributed by atoms with Crippen molar-refractivity contribution >= 4 is 29.1 Å². The average Bonchev–Trinajstić information content (AvgIpc) is 2.83. The molecule has 0 N–H and O–H groups in total. The lowest BCUT2D eigenvalue weighted by atomic mass is 9.99. The van der Waals surface area contributed by atoms with Crippen LogP contribution in [0.15, 0.2) is 42.5 Å². The zero-order chi connectivity index (χ0) is 23.5. The van der Waals surface area contributed by atoms with Crippen molar-refractivity contribution < 1.29 is 19.2 Å². The number of hydrogen-bond acceptors (Lipinski definition) is 6. The molecular formula is C24H28N4O5. The molecule has 0 bridgehead atoms. The predicted octanol–water partition coefficient (Wildman–Crippen LogP) is 4.20. The number of para-hydroxylation sites is 1. The van der Waals surface area contributed by atoms with Crippen LogP contribution in [0.5, 0.6) is 0 Å². The second-order valence-electron chi connectivity index (χ2n) is 8.46. The number of nitrogens with zero attached hydrogens (tertiary/aromatic N) is 4. The summed E-state index contributed by atoms with van der Waals surface area (Å²) in [5.41, 5.74) is 2.58. The Hall–Kier alpha value is -3.62. The largest absolute Gasteiger partial charge is 0.444 e. The molecule has 2 amide bonds. The number of fused-ring (bicyclic) bond motifs is 1. The molecule has 9 nitrogen and oxygen atoms in total. The molecule has 0 aliphatic carbocycles. The number of nitro groups is 1. The number of ether oxygens (including phenoxy) is 1. The lowest BCUT2D eigenvalue weighted by Crippen LogP contribution is -2.49. The molecule has 33 heavy (non-hydrogen) atoms. The number of carbonyl (C=O) groups is 2. The molecule has 2 aromatic carbocycles. The Morgan fingerprint density at radius 1 is 1.18 bits per heavy atom. The molecule has 2 aromatic rings. The highest BCUT2D eigenvalue weighted by Gasteiger charge is 2.35. The van der Waals surface area contributed by atoms with Gasteiger partial charge in [0.25, 0.3) is 11.6 Å². The van der Waals surface area contributed by atoms with E-state index in [1.54, 1.807) is 29.0 Å². The summed E-state index contributed by atoms with van der Waals surface area (Å²) < 4.78 is 5.35. The van der Waals surface area contributed by atoms with Gasteiger partial charge in [0.2, 0.25) is 0 Å². The van der Waals surface area contributed by atoms with E-state index in [2.05, 4.69) is 0 Å². The molecule has 0 radical (unpaired) electrons. The molecule has 2 aliphatic heterocycles. The van der Waals surface area contributed by atoms with E-state index in [0.29, 0.717) is 43.7 Å². The summed E-state index contributed by atoms with van der Waals surface area (Å²) in [4.78, 5) is 41.7. The molecule has 0 saturated carbocycles. The van der Waals surface area contributed by atoms with E-state index in [4.69, 9.17) is 4.74 Å². The van der Waals surface area contributed by atoms with Crippen LogP contribution in [0.1, 0.15) is 42.1 Å². The fourth-order valence-corrected chi connectivity index (χ4v) is 4.61. The molecule has 2 heterocycles. The highest BCUT2D eigenvalue weighted by Crippen LogP contribution is 2.35. The van der Waals surface area contributed by atoms with E-state index in [1.807, 2.05) is 36.1 Å². The SMILES string of the molecule is CCCN(C)C(=O)c1ccc(N2CCC(N3C(=O)OCc4ccccc43)CC2)c([N+](=O)[O-])c1. The zero-order valence-corrected chi connectivity index (χ0v) is 18.9. The number of rotatable bonds is 6. The van der Waals surface area contributed by atoms with Crippen LogP contribution in [0.3, 0.4) is 0 Å². The van der Waals surface area contributed by atoms with Crippen molar-refractivity contribution in [2.75, 3.05) is 36.5 Å². The number of anilines is 2. The van der Waals surface area contributed by atoms with Gasteiger partial charge in [-0.2, -0.15) is 0 Å². The van der Waals surface area contributed by atoms with Crippen LogP contribution in [0.4, 0.5) is 21.9 Å². The Kier molecular flexibility index (Phi) is 6.48. The molecule has 0 spiro atoms. The second kappa shape index (κ2) is 9.48. The lowest BCUT2D eigenvalue weighted by molar-refractivity contribution is -0.384. The molecule has 0 aromatic heterocycles. The Labute approximate surface area is 192 Å². The fraction of sp³-hybridized carbons (Fsp3) is 0.417. The molecule has 0 atom stereocenters. The summed E-state index contributed by atoms with van der Waals surface area (Å²) in [6.45, 7) is 3.95. The van der Waals surface area contributed by atoms with Gasteiger partial charge in [-0.1, -0.05) is 25.1 Å². The minimum absolute atomic E-state index is 0.0437. The van der Waals surface area contributed by atoms with Gasteiger partial charge in [0.15, 0.2) is 0 Å². The first kappa shape index (κ1) is 22.6. The van der Waals surface area contributed by atoms with Crippen molar-refractivity contribution in [1.82, 2.24) is 4.90 Å². The maximum absolute atomic E-state index is 12.6. The van der Waals surface area contributed by atoms with Gasteiger partial charge in [-0.05, 0) is 37.5 Å². The lowest BCUT2D eigenvalue weighted by Gasteiger charge is -2.40. The number of benzene rings is 2. The zero-order valence-electron chi connectivity index (χ0n) is 18.9. The van der Waals surface area contributed by atoms with E-state index in [1.165, 1.54) is 6.07 Å². The summed E-state index contributed by atoms with van der Waals surface area (Å²) >= 11 is 0. The molecule has 1 saturated heterocycles. The van der Waals surface area contributed by atoms with Gasteiger partial charge in [0.05, 0.1) is 10.6 Å². The van der Waals surface area contributed by atoms with E-state index < -0.39 is 4.92 Å². The van der Waals surface area contributed by atoms with E-state index in [0.717, 1.165) is 17.7 Å². The van der Waals surface area contributed by atoms with E-state index >= 15 is 0 Å². The standard InChI is InChI=1S/C24H28N4O5/c1-3-12-25(2)23(29)17-8-9-21(22(15-17)28(31)32)26-13-10-19(11-14-26)27-20-7-5-4-6-18(20)16-33-24(27)30/h4-9,15,19H,3,10-14,16H2,1-2H3. The number of carbonyl (C=O) groups excluding carboxylic acids is 2. The molecular weight excluding hydrogens is 424 g/mol. The molecule has 0 unspecified atom stereocenters. The minimum atomic E-state index is -0.434. The normalized spacial score (nSPS) is 16.2. The van der Waals surface area contributed by atoms with E-state index in [-0.39, 0.29) is 30.3 Å². The van der Waals surface area contributed by atoms with Gasteiger partial charge in [0, 0.05) is 49.9 Å². The monoisotopic (exact) mass is 452 g/mol. The molecule has 9 heteroatoms. The maximum Gasteiger partial charge on any atom is 0.414 e. The third kappa shape index (κ3) is 4.48. The number of nitro benzene ring substituents is 1. The summed E-state index contributed by atoms with van der Waals surface area (Å²) in [6.07, 6.45) is 1.77. The van der Waals surface area contributed by atoms with Crippen LogP contribution in [0.25, 0.3) is 0 Å². The third-order valence-corrected chi connectivity index (χ3v) is 6.29. The van der Waals surface area contributed by atoms with Crippen LogP contribution in [0.2, 0.25) is 0 Å². The minimum Gasteiger partial charge on any atom is -0.444 e. The quantitative estimate of drug-likeness (QED) is 0.481. The van der Waals surface area contributed by atoms with Crippen molar-refractivity contribution in [3.05, 3.63) is 63.7 Å². The molecule has 2 aliphatic rings. The summed E-state index contributed by atoms with van der Waals surface area (Å²) in [6, 6.07) is 12.4. The first-order valence-electron chi connectivity index (χ1n) is 11.2. The van der Waals surface area contributed by atoms with Gasteiger partial charge in [0.1, 0.15) is 12.3 Å². The van der Waals surface area contributed by atoms with Gasteiger partial charge in [-0.3, -0.25) is 19.8 Å². The van der Waals surface area contributed by atoms with Crippen LogP contribution >= 0.6 is 0 Å². The van der Waals surface area contributed by atoms with Crippen molar-refractivity contribution in [3.63, 3.8) is 0 Å². The highest BCUT2D eigenvalue weighted by atomic mass is 16.6. The Balaban J connectivity index is 1.51. The number of cyclic esters (lactones) is 1. The number of amides is 2. The van der Waals surface area contributed by atoms with Gasteiger partial charge in [-0.15, -0.1) is 0 Å². The van der Waals surface area contributed by atoms with E-state index in [9.17, 15) is 19.7 Å². The van der Waals surface area contributed by atoms with Gasteiger partial charge < -0.3 is 14.5 Å². The predicted molar refractivity (Wildman–Crippen MR) is 125 cm³/mol. The van der Waals surface area contributed by atoms with Gasteiger partial charge >= 0.3 is 6.09 Å². The highest BCUT2D eigenvalue weighted by molar-refractivity contribution is 5.95. The van der Waals surface area contributed by atoms with Crippen LogP contribution < -0.4 is 9.80 Å². The summed E-state index contributed by atoms with van der Waals surface area (Å²) in [5.74, 6) is -0.229. The Bertz CT molecular complexity index is 1060. The third-order valence-electron chi connectivity index (χ3n) is 6.29. The van der Waals surface area contributed by atoms with Crippen molar-refractivity contribution in [2.24, 2.45) is 0 Å². The summed E-state index contributed by atoms with van der Waals surface area (Å²) in [7, 11) is 1.69. The Morgan fingerprint density at radius 2 is 1.91 bits per heavy atom. The smallest absolute Gasteiger partial charge is 0.414 e. The molecule has 4 rings (SSSR count). The van der Waals surface area contributed by atoms with Crippen molar-refractivity contribution in [1.29, 1.82) is 0 Å². The van der Waals surface area contributed by atoms with Gasteiger partial charge in [-0.25, -0.2) is 4.79 Å². The Morgan fingerprint density at radius 3 is 2.61 bits per heavy atom. The van der Waals surface area contributed by atoms with Crippen LogP contribution in [-0.4, -0.2) is 54.5 Å². The first-order chi connectivity index (χ1) is 15.9. The number of hydrogen-bond donors (Lipinski definition) is 0. The number of piperidine rings is 1. The van der Waals surface area contributed by atoms with Crippen molar-refractivity contribution in [3.8, 4) is 0 Å². The molecule has 174 valence electrons. The molecule has 1 fully saturated rings. The second-order valence-corrected chi connectivity index (χ2v) is 8.46. The van der Waals surface area contributed by atoms with Crippen molar-refractivity contribution in [2.45, 2.75) is 38.8 Å². The average molecular weight is 453 g/mol. The van der Waals surface area contributed by atoms with Crippen LogP contribution in [-0.2, 0) is 11.3 Å². The fourth-order valence-electron chi connectivity index (χ4n) is 4.61. The maximum atomic E-state index is 12.6.